The van der Waals surface area contributed by atoms with Crippen LogP contribution in [0.2, 0.25) is 0 Å². The highest BCUT2D eigenvalue weighted by molar-refractivity contribution is 6.11. The summed E-state index contributed by atoms with van der Waals surface area (Å²) in [7, 11) is 0. The summed E-state index contributed by atoms with van der Waals surface area (Å²) in [6.07, 6.45) is 10.8. The van der Waals surface area contributed by atoms with Crippen molar-refractivity contribution in [3.63, 3.8) is 0 Å². The summed E-state index contributed by atoms with van der Waals surface area (Å²) >= 11 is 0. The Morgan fingerprint density at radius 1 is 0.893 bits per heavy atom. The first-order chi connectivity index (χ1) is 13.8. The standard InChI is InChI=1S/C23H30N4O/c28-23-19-11-4-5-13-21(19)27(22-20(25-23)12-10-14-24-22)18-9-3-8-17-26-15-6-1-2-7-16-26/h4-5,10-14H,1-3,6-9,15-18H2,(H,25,28). The first kappa shape index (κ1) is 18.9. The summed E-state index contributed by atoms with van der Waals surface area (Å²) in [6.45, 7) is 4.62. The summed E-state index contributed by atoms with van der Waals surface area (Å²) in [5.74, 6) is 0.779. The highest BCUT2D eigenvalue weighted by Crippen LogP contribution is 2.36. The lowest BCUT2D eigenvalue weighted by Crippen LogP contribution is -2.26. The lowest BCUT2D eigenvalue weighted by atomic mass is 10.1. The van der Waals surface area contributed by atoms with E-state index in [1.165, 1.54) is 58.2 Å². The molecular weight excluding hydrogens is 348 g/mol. The number of carbonyl (C=O) groups is 1. The minimum absolute atomic E-state index is 0.0616. The Morgan fingerprint density at radius 3 is 2.54 bits per heavy atom. The van der Waals surface area contributed by atoms with Crippen molar-refractivity contribution in [2.75, 3.05) is 36.4 Å². The maximum absolute atomic E-state index is 12.6. The molecule has 1 saturated heterocycles. The number of carbonyl (C=O) groups excluding carboxylic acids is 1. The fourth-order valence-corrected chi connectivity index (χ4v) is 4.28. The van der Waals surface area contributed by atoms with E-state index in [1.54, 1.807) is 6.20 Å². The summed E-state index contributed by atoms with van der Waals surface area (Å²) in [4.78, 5) is 22.0. The highest BCUT2D eigenvalue weighted by atomic mass is 16.1. The number of aromatic nitrogens is 1. The van der Waals surface area contributed by atoms with Gasteiger partial charge >= 0.3 is 0 Å². The first-order valence-corrected chi connectivity index (χ1v) is 10.7. The third-order valence-corrected chi connectivity index (χ3v) is 5.78. The third-order valence-electron chi connectivity index (χ3n) is 5.78. The molecule has 1 N–H and O–H groups in total. The Balaban J connectivity index is 1.41. The molecular formula is C23H30N4O. The van der Waals surface area contributed by atoms with Crippen LogP contribution < -0.4 is 10.2 Å². The van der Waals surface area contributed by atoms with Gasteiger partial charge in [-0.15, -0.1) is 0 Å². The summed E-state index contributed by atoms with van der Waals surface area (Å²) in [5.41, 5.74) is 2.45. The molecule has 0 bridgehead atoms. The molecule has 28 heavy (non-hydrogen) atoms. The van der Waals surface area contributed by atoms with E-state index in [0.717, 1.165) is 30.2 Å². The van der Waals surface area contributed by atoms with Crippen molar-refractivity contribution in [2.24, 2.45) is 0 Å². The number of amides is 1. The van der Waals surface area contributed by atoms with Crippen molar-refractivity contribution < 1.29 is 4.79 Å². The van der Waals surface area contributed by atoms with Crippen LogP contribution in [0.3, 0.4) is 0 Å². The van der Waals surface area contributed by atoms with Gasteiger partial charge in [0.1, 0.15) is 0 Å². The molecule has 1 aromatic heterocycles. The normalized spacial score (nSPS) is 17.3. The predicted molar refractivity (Wildman–Crippen MR) is 114 cm³/mol. The molecule has 1 aromatic carbocycles. The first-order valence-electron chi connectivity index (χ1n) is 10.7. The van der Waals surface area contributed by atoms with Crippen LogP contribution in [0, 0.1) is 0 Å². The fourth-order valence-electron chi connectivity index (χ4n) is 4.28. The third kappa shape index (κ3) is 4.36. The van der Waals surface area contributed by atoms with Crippen molar-refractivity contribution >= 4 is 23.1 Å². The van der Waals surface area contributed by atoms with Crippen LogP contribution in [-0.2, 0) is 0 Å². The van der Waals surface area contributed by atoms with Crippen LogP contribution in [0.15, 0.2) is 42.6 Å². The van der Waals surface area contributed by atoms with E-state index in [4.69, 9.17) is 0 Å². The smallest absolute Gasteiger partial charge is 0.257 e. The van der Waals surface area contributed by atoms with Crippen LogP contribution in [0.1, 0.15) is 55.3 Å². The van der Waals surface area contributed by atoms with Gasteiger partial charge in [0.05, 0.1) is 16.9 Å². The van der Waals surface area contributed by atoms with Gasteiger partial charge in [0.2, 0.25) is 0 Å². The van der Waals surface area contributed by atoms with E-state index < -0.39 is 0 Å². The monoisotopic (exact) mass is 378 g/mol. The molecule has 148 valence electrons. The molecule has 0 aliphatic carbocycles. The molecule has 2 aliphatic heterocycles. The number of benzene rings is 1. The largest absolute Gasteiger partial charge is 0.324 e. The molecule has 0 radical (unpaired) electrons. The lowest BCUT2D eigenvalue weighted by molar-refractivity contribution is 0.102. The Morgan fingerprint density at radius 2 is 1.68 bits per heavy atom. The number of pyridine rings is 1. The van der Waals surface area contributed by atoms with Crippen molar-refractivity contribution in [1.29, 1.82) is 0 Å². The molecule has 2 aromatic rings. The van der Waals surface area contributed by atoms with Crippen LogP contribution in [0.25, 0.3) is 0 Å². The van der Waals surface area contributed by atoms with E-state index in [1.807, 2.05) is 36.4 Å². The van der Waals surface area contributed by atoms with Gasteiger partial charge in [-0.3, -0.25) is 4.79 Å². The highest BCUT2D eigenvalue weighted by Gasteiger charge is 2.25. The summed E-state index contributed by atoms with van der Waals surface area (Å²) in [6, 6.07) is 11.6. The Hall–Kier alpha value is -2.40. The minimum Gasteiger partial charge on any atom is -0.324 e. The van der Waals surface area contributed by atoms with Crippen LogP contribution in [0.4, 0.5) is 17.2 Å². The maximum Gasteiger partial charge on any atom is 0.257 e. The van der Waals surface area contributed by atoms with Crippen molar-refractivity contribution in [2.45, 2.75) is 44.9 Å². The molecule has 0 spiro atoms. The Labute approximate surface area is 167 Å². The maximum atomic E-state index is 12.6. The molecule has 1 fully saturated rings. The molecule has 2 aliphatic rings. The zero-order valence-electron chi connectivity index (χ0n) is 16.6. The van der Waals surface area contributed by atoms with Gasteiger partial charge in [-0.1, -0.05) is 31.4 Å². The number of nitrogens with one attached hydrogen (secondary N) is 1. The average Bonchev–Trinajstić information content (AvgIpc) is 3.05. The molecule has 0 unspecified atom stereocenters. The topological polar surface area (TPSA) is 48.5 Å². The van der Waals surface area contributed by atoms with Crippen molar-refractivity contribution in [3.05, 3.63) is 48.2 Å². The number of likely N-dealkylation sites (tertiary alicyclic amines) is 1. The van der Waals surface area contributed by atoms with Gasteiger partial charge in [-0.05, 0) is 69.6 Å². The van der Waals surface area contributed by atoms with Crippen molar-refractivity contribution in [3.8, 4) is 0 Å². The molecule has 1 amide bonds. The SMILES string of the molecule is O=C1Nc2cccnc2N(CCCCCN2CCCCCC2)c2ccccc21. The quantitative estimate of drug-likeness (QED) is 0.731. The Kier molecular flexibility index (Phi) is 6.22. The molecule has 5 nitrogen and oxygen atoms in total. The molecule has 4 rings (SSSR count). The zero-order chi connectivity index (χ0) is 19.2. The minimum atomic E-state index is -0.0616. The van der Waals surface area contributed by atoms with E-state index in [2.05, 4.69) is 20.1 Å². The molecule has 5 heteroatoms. The number of fused-ring (bicyclic) bond motifs is 2. The van der Waals surface area contributed by atoms with Crippen molar-refractivity contribution in [1.82, 2.24) is 9.88 Å². The Bertz CT molecular complexity index is 799. The lowest BCUT2D eigenvalue weighted by Gasteiger charge is -2.25. The number of unbranched alkanes of at least 4 members (excludes halogenated alkanes) is 2. The molecule has 3 heterocycles. The fraction of sp³-hybridized carbons (Fsp3) is 0.478. The van der Waals surface area contributed by atoms with E-state index in [9.17, 15) is 4.79 Å². The number of rotatable bonds is 6. The second-order valence-corrected chi connectivity index (χ2v) is 7.81. The van der Waals surface area contributed by atoms with E-state index in [0.29, 0.717) is 5.56 Å². The number of anilines is 3. The number of hydrogen-bond acceptors (Lipinski definition) is 4. The van der Waals surface area contributed by atoms with Gasteiger partial charge in [-0.25, -0.2) is 4.98 Å². The summed E-state index contributed by atoms with van der Waals surface area (Å²) in [5, 5.41) is 3.01. The van der Waals surface area contributed by atoms with Crippen LogP contribution >= 0.6 is 0 Å². The van der Waals surface area contributed by atoms with Gasteiger partial charge in [0.25, 0.3) is 5.91 Å². The second-order valence-electron chi connectivity index (χ2n) is 7.81. The zero-order valence-corrected chi connectivity index (χ0v) is 16.6. The van der Waals surface area contributed by atoms with Crippen LogP contribution in [0.5, 0.6) is 0 Å². The molecule has 0 saturated carbocycles. The van der Waals surface area contributed by atoms with Gasteiger partial charge in [-0.2, -0.15) is 0 Å². The van der Waals surface area contributed by atoms with E-state index >= 15 is 0 Å². The number of hydrogen-bond donors (Lipinski definition) is 1. The van der Waals surface area contributed by atoms with Crippen LogP contribution in [-0.4, -0.2) is 42.0 Å². The average molecular weight is 379 g/mol. The summed E-state index contributed by atoms with van der Waals surface area (Å²) < 4.78 is 0. The van der Waals surface area contributed by atoms with E-state index in [-0.39, 0.29) is 5.91 Å². The van der Waals surface area contributed by atoms with Gasteiger partial charge < -0.3 is 15.1 Å². The predicted octanol–water partition coefficient (Wildman–Crippen LogP) is 4.83. The van der Waals surface area contributed by atoms with Gasteiger partial charge in [0, 0.05) is 12.7 Å². The number of para-hydroxylation sites is 1. The second kappa shape index (κ2) is 9.20. The molecule has 0 atom stereocenters. The van der Waals surface area contributed by atoms with Gasteiger partial charge in [0.15, 0.2) is 5.82 Å². The number of nitrogens with zero attached hydrogens (tertiary/aromatic N) is 3.